The lowest BCUT2D eigenvalue weighted by molar-refractivity contribution is 0.193. The van der Waals surface area contributed by atoms with Gasteiger partial charge in [-0.05, 0) is 32.0 Å². The van der Waals surface area contributed by atoms with Gasteiger partial charge in [0, 0.05) is 18.8 Å². The smallest absolute Gasteiger partial charge is 0.319 e. The molecule has 1 aliphatic heterocycles. The zero-order valence-electron chi connectivity index (χ0n) is 11.0. The van der Waals surface area contributed by atoms with Gasteiger partial charge in [0.05, 0.1) is 6.07 Å². The number of hydrogen-bond acceptors (Lipinski definition) is 3. The van der Waals surface area contributed by atoms with Gasteiger partial charge in [0.15, 0.2) is 0 Å². The molecule has 0 aliphatic carbocycles. The number of likely N-dealkylation sites (tertiary alicyclic amines) is 1. The standard InChI is InChI=1S/C14H18N4O/c1-18-9-7-14(11-15,8-10-18)17-13(19)16-12-5-3-2-4-6-12/h2-6H,7-10H2,1H3,(H2,16,17,19). The first-order valence-corrected chi connectivity index (χ1v) is 6.38. The third-order valence-corrected chi connectivity index (χ3v) is 3.44. The Labute approximate surface area is 113 Å². The quantitative estimate of drug-likeness (QED) is 0.850. The van der Waals surface area contributed by atoms with E-state index in [4.69, 9.17) is 0 Å². The van der Waals surface area contributed by atoms with Crippen LogP contribution in [0.1, 0.15) is 12.8 Å². The van der Waals surface area contributed by atoms with Crippen molar-refractivity contribution < 1.29 is 4.79 Å². The van der Waals surface area contributed by atoms with Crippen LogP contribution in [0.15, 0.2) is 30.3 Å². The molecule has 0 saturated carbocycles. The average Bonchev–Trinajstić information content (AvgIpc) is 2.43. The van der Waals surface area contributed by atoms with Gasteiger partial charge in [0.1, 0.15) is 5.54 Å². The van der Waals surface area contributed by atoms with Gasteiger partial charge in [-0.25, -0.2) is 4.79 Å². The first-order chi connectivity index (χ1) is 9.13. The maximum atomic E-state index is 11.9. The molecule has 0 bridgehead atoms. The molecular weight excluding hydrogens is 240 g/mol. The van der Waals surface area contributed by atoms with Gasteiger partial charge in [0.25, 0.3) is 0 Å². The molecule has 2 amide bonds. The van der Waals surface area contributed by atoms with E-state index >= 15 is 0 Å². The Hall–Kier alpha value is -2.06. The van der Waals surface area contributed by atoms with Crippen LogP contribution in [0.2, 0.25) is 0 Å². The molecule has 1 aromatic carbocycles. The summed E-state index contributed by atoms with van der Waals surface area (Å²) >= 11 is 0. The van der Waals surface area contributed by atoms with E-state index < -0.39 is 5.54 Å². The number of nitrogens with zero attached hydrogens (tertiary/aromatic N) is 2. The van der Waals surface area contributed by atoms with E-state index in [9.17, 15) is 10.1 Å². The molecule has 5 heteroatoms. The summed E-state index contributed by atoms with van der Waals surface area (Å²) in [5, 5.41) is 14.9. The van der Waals surface area contributed by atoms with Gasteiger partial charge in [-0.15, -0.1) is 0 Å². The predicted molar refractivity (Wildman–Crippen MR) is 73.7 cm³/mol. The third-order valence-electron chi connectivity index (χ3n) is 3.44. The van der Waals surface area contributed by atoms with Crippen LogP contribution in [-0.4, -0.2) is 36.6 Å². The second-order valence-corrected chi connectivity index (χ2v) is 4.94. The number of carbonyl (C=O) groups is 1. The van der Waals surface area contributed by atoms with Crippen molar-refractivity contribution in [3.05, 3.63) is 30.3 Å². The average molecular weight is 258 g/mol. The number of para-hydroxylation sites is 1. The second kappa shape index (κ2) is 5.72. The number of benzene rings is 1. The van der Waals surface area contributed by atoms with Crippen molar-refractivity contribution in [2.45, 2.75) is 18.4 Å². The van der Waals surface area contributed by atoms with Gasteiger partial charge in [0.2, 0.25) is 0 Å². The third kappa shape index (κ3) is 3.46. The minimum Gasteiger partial charge on any atom is -0.319 e. The second-order valence-electron chi connectivity index (χ2n) is 4.94. The molecule has 1 fully saturated rings. The van der Waals surface area contributed by atoms with E-state index in [-0.39, 0.29) is 6.03 Å². The van der Waals surface area contributed by atoms with Gasteiger partial charge in [-0.1, -0.05) is 18.2 Å². The van der Waals surface area contributed by atoms with Gasteiger partial charge >= 0.3 is 6.03 Å². The van der Waals surface area contributed by atoms with Gasteiger partial charge < -0.3 is 15.5 Å². The highest BCUT2D eigenvalue weighted by molar-refractivity contribution is 5.90. The summed E-state index contributed by atoms with van der Waals surface area (Å²) in [5.41, 5.74) is -0.0215. The predicted octanol–water partition coefficient (Wildman–Crippen LogP) is 1.80. The Balaban J connectivity index is 1.96. The highest BCUT2D eigenvalue weighted by Crippen LogP contribution is 2.21. The number of piperidine rings is 1. The molecular formula is C14H18N4O. The van der Waals surface area contributed by atoms with E-state index in [1.165, 1.54) is 0 Å². The van der Waals surface area contributed by atoms with Crippen LogP contribution in [0, 0.1) is 11.3 Å². The molecule has 0 radical (unpaired) electrons. The summed E-state index contributed by atoms with van der Waals surface area (Å²) in [6, 6.07) is 11.2. The molecule has 1 aliphatic rings. The molecule has 100 valence electrons. The first kappa shape index (κ1) is 13.4. The minimum absolute atomic E-state index is 0.322. The molecule has 2 rings (SSSR count). The number of carbonyl (C=O) groups excluding carboxylic acids is 1. The van der Waals surface area contributed by atoms with E-state index in [0.29, 0.717) is 12.8 Å². The molecule has 0 atom stereocenters. The summed E-state index contributed by atoms with van der Waals surface area (Å²) in [6.45, 7) is 1.64. The van der Waals surface area contributed by atoms with E-state index in [1.54, 1.807) is 0 Å². The Morgan fingerprint density at radius 3 is 2.53 bits per heavy atom. The zero-order chi connectivity index (χ0) is 13.7. The van der Waals surface area contributed by atoms with Gasteiger partial charge in [-0.2, -0.15) is 5.26 Å². The lowest BCUT2D eigenvalue weighted by atomic mass is 9.89. The summed E-state index contributed by atoms with van der Waals surface area (Å²) < 4.78 is 0. The van der Waals surface area contributed by atoms with Crippen LogP contribution >= 0.6 is 0 Å². The Morgan fingerprint density at radius 2 is 1.95 bits per heavy atom. The minimum atomic E-state index is -0.745. The van der Waals surface area contributed by atoms with Crippen LogP contribution in [0.5, 0.6) is 0 Å². The summed E-state index contributed by atoms with van der Waals surface area (Å²) in [6.07, 6.45) is 1.31. The fourth-order valence-corrected chi connectivity index (χ4v) is 2.17. The van der Waals surface area contributed by atoms with Crippen molar-refractivity contribution in [2.24, 2.45) is 0 Å². The number of anilines is 1. The van der Waals surface area contributed by atoms with Crippen LogP contribution in [0.4, 0.5) is 10.5 Å². The molecule has 2 N–H and O–H groups in total. The van der Waals surface area contributed by atoms with Crippen LogP contribution in [-0.2, 0) is 0 Å². The number of amides is 2. The van der Waals surface area contributed by atoms with E-state index in [0.717, 1.165) is 18.8 Å². The highest BCUT2D eigenvalue weighted by atomic mass is 16.2. The SMILES string of the molecule is CN1CCC(C#N)(NC(=O)Nc2ccccc2)CC1. The van der Waals surface area contributed by atoms with Crippen LogP contribution in [0.25, 0.3) is 0 Å². The lowest BCUT2D eigenvalue weighted by Crippen LogP contribution is -2.54. The number of nitrogens with one attached hydrogen (secondary N) is 2. The van der Waals surface area contributed by atoms with Crippen molar-refractivity contribution in [3.63, 3.8) is 0 Å². The Kier molecular flexibility index (Phi) is 4.03. The molecule has 1 aromatic rings. The summed E-state index contributed by atoms with van der Waals surface area (Å²) in [7, 11) is 2.02. The summed E-state index contributed by atoms with van der Waals surface area (Å²) in [5.74, 6) is 0. The molecule has 0 unspecified atom stereocenters. The molecule has 0 spiro atoms. The Morgan fingerprint density at radius 1 is 1.32 bits per heavy atom. The summed E-state index contributed by atoms with van der Waals surface area (Å²) in [4.78, 5) is 14.1. The van der Waals surface area contributed by atoms with Crippen LogP contribution < -0.4 is 10.6 Å². The maximum Gasteiger partial charge on any atom is 0.320 e. The molecule has 0 aromatic heterocycles. The lowest BCUT2D eigenvalue weighted by Gasteiger charge is -2.35. The number of nitriles is 1. The molecule has 5 nitrogen and oxygen atoms in total. The van der Waals surface area contributed by atoms with Crippen molar-refractivity contribution in [3.8, 4) is 6.07 Å². The molecule has 1 saturated heterocycles. The Bertz CT molecular complexity index is 472. The largest absolute Gasteiger partial charge is 0.320 e. The van der Waals surface area contributed by atoms with Crippen molar-refractivity contribution >= 4 is 11.7 Å². The van der Waals surface area contributed by atoms with Gasteiger partial charge in [-0.3, -0.25) is 0 Å². The normalized spacial score (nSPS) is 18.3. The first-order valence-electron chi connectivity index (χ1n) is 6.38. The highest BCUT2D eigenvalue weighted by Gasteiger charge is 2.35. The molecule has 19 heavy (non-hydrogen) atoms. The van der Waals surface area contributed by atoms with Crippen molar-refractivity contribution in [1.82, 2.24) is 10.2 Å². The number of hydrogen-bond donors (Lipinski definition) is 2. The van der Waals surface area contributed by atoms with Crippen molar-refractivity contribution in [1.29, 1.82) is 5.26 Å². The molecule has 1 heterocycles. The topological polar surface area (TPSA) is 68.2 Å². The monoisotopic (exact) mass is 258 g/mol. The fourth-order valence-electron chi connectivity index (χ4n) is 2.17. The van der Waals surface area contributed by atoms with Crippen molar-refractivity contribution in [2.75, 3.05) is 25.5 Å². The van der Waals surface area contributed by atoms with E-state index in [2.05, 4.69) is 21.6 Å². The maximum absolute atomic E-state index is 11.9. The fraction of sp³-hybridized carbons (Fsp3) is 0.429. The number of rotatable bonds is 2. The zero-order valence-corrected chi connectivity index (χ0v) is 11.0. The van der Waals surface area contributed by atoms with E-state index in [1.807, 2.05) is 37.4 Å². The van der Waals surface area contributed by atoms with Crippen LogP contribution in [0.3, 0.4) is 0 Å². The number of urea groups is 1.